The average molecular weight is 376 g/mol. The first-order chi connectivity index (χ1) is 11.5. The number of carbonyl (C=O) groups excluding carboxylic acids is 2. The van der Waals surface area contributed by atoms with Gasteiger partial charge in [-0.25, -0.2) is 0 Å². The van der Waals surface area contributed by atoms with Gasteiger partial charge in [-0.3, -0.25) is 9.59 Å². The molecule has 8 heteroatoms. The Bertz CT molecular complexity index is 493. The van der Waals surface area contributed by atoms with E-state index in [1.807, 2.05) is 6.92 Å². The highest BCUT2D eigenvalue weighted by atomic mass is 35.5. The van der Waals surface area contributed by atoms with Gasteiger partial charge in [0, 0.05) is 32.5 Å². The molecule has 2 amide bonds. The summed E-state index contributed by atoms with van der Waals surface area (Å²) in [5, 5.41) is 17.3. The fourth-order valence-corrected chi connectivity index (χ4v) is 4.22. The van der Waals surface area contributed by atoms with E-state index in [-0.39, 0.29) is 30.6 Å². The van der Waals surface area contributed by atoms with Crippen molar-refractivity contribution in [3.8, 4) is 0 Å². The summed E-state index contributed by atoms with van der Waals surface area (Å²) in [6, 6.07) is 0. The summed E-state index contributed by atoms with van der Waals surface area (Å²) in [5.74, 6) is 0.0241. The van der Waals surface area contributed by atoms with Gasteiger partial charge in [-0.05, 0) is 45.7 Å². The van der Waals surface area contributed by atoms with E-state index in [0.717, 1.165) is 38.9 Å². The smallest absolute Gasteiger partial charge is 0.222 e. The van der Waals surface area contributed by atoms with Gasteiger partial charge < -0.3 is 25.4 Å². The van der Waals surface area contributed by atoms with Crippen LogP contribution >= 0.6 is 12.4 Å². The van der Waals surface area contributed by atoms with Gasteiger partial charge >= 0.3 is 0 Å². The molecule has 3 aliphatic rings. The van der Waals surface area contributed by atoms with Crippen molar-refractivity contribution < 1.29 is 19.4 Å². The minimum Gasteiger partial charge on any atom is -0.388 e. The van der Waals surface area contributed by atoms with Crippen molar-refractivity contribution in [1.82, 2.24) is 15.5 Å². The first kappa shape index (κ1) is 20.4. The highest BCUT2D eigenvalue weighted by Crippen LogP contribution is 2.38. The van der Waals surface area contributed by atoms with Gasteiger partial charge in [0.2, 0.25) is 11.8 Å². The largest absolute Gasteiger partial charge is 0.388 e. The maximum Gasteiger partial charge on any atom is 0.222 e. The third kappa shape index (κ3) is 4.27. The topological polar surface area (TPSA) is 90.9 Å². The second kappa shape index (κ2) is 8.20. The number of ether oxygens (including phenoxy) is 1. The zero-order chi connectivity index (χ0) is 17.2. The fraction of sp³-hybridized carbons (Fsp3) is 0.882. The lowest BCUT2D eigenvalue weighted by Crippen LogP contribution is -2.69. The Morgan fingerprint density at radius 3 is 2.76 bits per heavy atom. The summed E-state index contributed by atoms with van der Waals surface area (Å²) in [6.45, 7) is 5.29. The molecular weight excluding hydrogens is 346 g/mol. The number of nitrogens with one attached hydrogen (secondary N) is 2. The lowest BCUT2D eigenvalue weighted by atomic mass is 9.73. The van der Waals surface area contributed by atoms with E-state index in [2.05, 4.69) is 10.6 Å². The number of hydrogen-bond acceptors (Lipinski definition) is 5. The molecule has 3 rings (SSSR count). The van der Waals surface area contributed by atoms with Crippen LogP contribution in [0.25, 0.3) is 0 Å². The molecule has 3 N–H and O–H groups in total. The molecule has 0 aliphatic carbocycles. The Kier molecular flexibility index (Phi) is 6.70. The van der Waals surface area contributed by atoms with Crippen molar-refractivity contribution in [2.45, 2.75) is 62.7 Å². The third-order valence-corrected chi connectivity index (χ3v) is 5.77. The second-order valence-electron chi connectivity index (χ2n) is 7.52. The summed E-state index contributed by atoms with van der Waals surface area (Å²) in [4.78, 5) is 25.8. The Balaban J connectivity index is 0.00000225. The number of amides is 2. The van der Waals surface area contributed by atoms with E-state index in [0.29, 0.717) is 26.0 Å². The number of halogens is 1. The Morgan fingerprint density at radius 1 is 1.40 bits per heavy atom. The lowest BCUT2D eigenvalue weighted by molar-refractivity contribution is -0.200. The van der Waals surface area contributed by atoms with E-state index in [1.165, 1.54) is 0 Å². The molecular formula is C17H30ClN3O4. The SMILES string of the molecule is C[C@@]1(NC(=O)CCN2CCCC2=O)CCOC2(CCNCC2)[C@H]1O.Cl. The van der Waals surface area contributed by atoms with Gasteiger partial charge in [-0.15, -0.1) is 12.4 Å². The molecule has 0 aromatic rings. The van der Waals surface area contributed by atoms with E-state index < -0.39 is 17.2 Å². The van der Waals surface area contributed by atoms with Gasteiger partial charge in [0.05, 0.1) is 11.1 Å². The van der Waals surface area contributed by atoms with Crippen LogP contribution in [0.4, 0.5) is 0 Å². The van der Waals surface area contributed by atoms with Crippen molar-refractivity contribution in [1.29, 1.82) is 0 Å². The maximum absolute atomic E-state index is 12.4. The Labute approximate surface area is 155 Å². The van der Waals surface area contributed by atoms with Crippen LogP contribution in [0.2, 0.25) is 0 Å². The van der Waals surface area contributed by atoms with Crippen LogP contribution in [-0.2, 0) is 14.3 Å². The van der Waals surface area contributed by atoms with Gasteiger partial charge in [-0.2, -0.15) is 0 Å². The number of rotatable bonds is 4. The third-order valence-electron chi connectivity index (χ3n) is 5.77. The molecule has 3 fully saturated rings. The van der Waals surface area contributed by atoms with E-state index in [9.17, 15) is 14.7 Å². The Morgan fingerprint density at radius 2 is 2.12 bits per heavy atom. The van der Waals surface area contributed by atoms with E-state index in [1.54, 1.807) is 4.90 Å². The molecule has 3 saturated heterocycles. The van der Waals surface area contributed by atoms with Crippen LogP contribution in [0, 0.1) is 0 Å². The number of carbonyl (C=O) groups is 2. The lowest BCUT2D eigenvalue weighted by Gasteiger charge is -2.52. The monoisotopic (exact) mass is 375 g/mol. The van der Waals surface area contributed by atoms with Crippen molar-refractivity contribution in [2.24, 2.45) is 0 Å². The summed E-state index contributed by atoms with van der Waals surface area (Å²) < 4.78 is 5.96. The molecule has 0 saturated carbocycles. The van der Waals surface area contributed by atoms with Gasteiger partial charge in [0.1, 0.15) is 6.10 Å². The number of piperidine rings is 1. The molecule has 3 aliphatic heterocycles. The number of likely N-dealkylation sites (tertiary alicyclic amines) is 1. The molecule has 0 bridgehead atoms. The summed E-state index contributed by atoms with van der Waals surface area (Å²) in [7, 11) is 0. The van der Waals surface area contributed by atoms with Crippen LogP contribution in [-0.4, -0.2) is 71.9 Å². The van der Waals surface area contributed by atoms with Crippen molar-refractivity contribution in [3.63, 3.8) is 0 Å². The van der Waals surface area contributed by atoms with Crippen LogP contribution < -0.4 is 10.6 Å². The highest BCUT2D eigenvalue weighted by Gasteiger charge is 2.52. The zero-order valence-corrected chi connectivity index (χ0v) is 15.7. The van der Waals surface area contributed by atoms with Crippen molar-refractivity contribution in [3.05, 3.63) is 0 Å². The predicted octanol–water partition coefficient (Wildman–Crippen LogP) is 0.199. The predicted molar refractivity (Wildman–Crippen MR) is 95.6 cm³/mol. The molecule has 0 aromatic heterocycles. The van der Waals surface area contributed by atoms with Gasteiger partial charge in [0.25, 0.3) is 0 Å². The first-order valence-electron chi connectivity index (χ1n) is 9.07. The molecule has 0 unspecified atom stereocenters. The fourth-order valence-electron chi connectivity index (χ4n) is 4.22. The second-order valence-corrected chi connectivity index (χ2v) is 7.52. The standard InChI is InChI=1S/C17H29N3O4.ClH/c1-16(19-13(21)4-11-20-10-2-3-14(20)22)7-12-24-17(15(16)23)5-8-18-9-6-17;/h15,18,23H,2-12H2,1H3,(H,19,21);1H/t15-,16+;/m0./s1. The first-order valence-corrected chi connectivity index (χ1v) is 9.07. The van der Waals surface area contributed by atoms with Gasteiger partial charge in [-0.1, -0.05) is 0 Å². The quantitative estimate of drug-likeness (QED) is 0.653. The van der Waals surface area contributed by atoms with Crippen LogP contribution in [0.15, 0.2) is 0 Å². The molecule has 0 aromatic carbocycles. The van der Waals surface area contributed by atoms with Crippen LogP contribution in [0.5, 0.6) is 0 Å². The molecule has 0 radical (unpaired) electrons. The van der Waals surface area contributed by atoms with Crippen molar-refractivity contribution in [2.75, 3.05) is 32.8 Å². The molecule has 144 valence electrons. The van der Waals surface area contributed by atoms with E-state index in [4.69, 9.17) is 4.74 Å². The zero-order valence-electron chi connectivity index (χ0n) is 14.9. The number of aliphatic hydroxyl groups excluding tert-OH is 1. The molecule has 3 heterocycles. The average Bonchev–Trinajstić information content (AvgIpc) is 2.97. The van der Waals surface area contributed by atoms with Crippen LogP contribution in [0.1, 0.15) is 45.4 Å². The normalized spacial score (nSPS) is 31.7. The summed E-state index contributed by atoms with van der Waals surface area (Å²) in [6.07, 6.45) is 3.13. The number of nitrogens with zero attached hydrogens (tertiary/aromatic N) is 1. The maximum atomic E-state index is 12.4. The summed E-state index contributed by atoms with van der Waals surface area (Å²) in [5.41, 5.74) is -1.24. The van der Waals surface area contributed by atoms with Crippen molar-refractivity contribution >= 4 is 24.2 Å². The minimum absolute atomic E-state index is 0. The molecule has 25 heavy (non-hydrogen) atoms. The van der Waals surface area contributed by atoms with Crippen LogP contribution in [0.3, 0.4) is 0 Å². The van der Waals surface area contributed by atoms with E-state index >= 15 is 0 Å². The number of aliphatic hydroxyl groups is 1. The highest BCUT2D eigenvalue weighted by molar-refractivity contribution is 5.85. The molecule has 7 nitrogen and oxygen atoms in total. The molecule has 2 atom stereocenters. The summed E-state index contributed by atoms with van der Waals surface area (Å²) >= 11 is 0. The molecule has 1 spiro atoms. The van der Waals surface area contributed by atoms with Gasteiger partial charge in [0.15, 0.2) is 0 Å². The number of hydrogen-bond donors (Lipinski definition) is 3. The Hall–Kier alpha value is -0.890. The minimum atomic E-state index is -0.724.